The van der Waals surface area contributed by atoms with Crippen LogP contribution in [0.5, 0.6) is 17.2 Å². The lowest BCUT2D eigenvalue weighted by Gasteiger charge is -2.17. The molecular weight excluding hydrogens is 370 g/mol. The summed E-state index contributed by atoms with van der Waals surface area (Å²) in [7, 11) is 4.48. The highest BCUT2D eigenvalue weighted by Crippen LogP contribution is 2.39. The molecule has 146 valence electrons. The Kier molecular flexibility index (Phi) is 8.62. The fourth-order valence-electron chi connectivity index (χ4n) is 2.86. The first-order chi connectivity index (χ1) is 12.5. The van der Waals surface area contributed by atoms with Crippen molar-refractivity contribution in [1.82, 2.24) is 0 Å². The summed E-state index contributed by atoms with van der Waals surface area (Å²) in [5.41, 5.74) is 6.68. The number of hydrogen-bond donors (Lipinski definition) is 1. The Morgan fingerprint density at radius 2 is 1.48 bits per heavy atom. The molecule has 0 spiro atoms. The van der Waals surface area contributed by atoms with Crippen molar-refractivity contribution in [2.24, 2.45) is 5.73 Å². The molecule has 0 aliphatic carbocycles. The Balaban J connectivity index is 0.00000364. The van der Waals surface area contributed by atoms with Crippen LogP contribution in [0, 0.1) is 0 Å². The Morgan fingerprint density at radius 1 is 0.926 bits per heavy atom. The number of Topliss-reactive ketones (excluding diaryl/α,β-unsaturated/α-hetero) is 1. The van der Waals surface area contributed by atoms with Gasteiger partial charge in [-0.1, -0.05) is 30.3 Å². The lowest BCUT2D eigenvalue weighted by molar-refractivity contribution is -0.118. The van der Waals surface area contributed by atoms with E-state index in [1.807, 2.05) is 30.3 Å². The van der Waals surface area contributed by atoms with E-state index in [2.05, 4.69) is 0 Å². The van der Waals surface area contributed by atoms with E-state index in [0.717, 1.165) is 5.56 Å². The van der Waals surface area contributed by atoms with E-state index in [1.54, 1.807) is 12.1 Å². The topological polar surface area (TPSA) is 87.9 Å². The summed E-state index contributed by atoms with van der Waals surface area (Å²) in [5.74, 6) is 0.349. The number of hydrogen-bond acceptors (Lipinski definition) is 5. The summed E-state index contributed by atoms with van der Waals surface area (Å²) in [5, 5.41) is 0. The highest BCUT2D eigenvalue weighted by molar-refractivity contribution is 5.98. The van der Waals surface area contributed by atoms with Gasteiger partial charge >= 0.3 is 0 Å². The Morgan fingerprint density at radius 3 is 1.93 bits per heavy atom. The molecule has 2 rings (SSSR count). The van der Waals surface area contributed by atoms with Gasteiger partial charge in [0, 0.05) is 18.4 Å². The monoisotopic (exact) mass is 393 g/mol. The van der Waals surface area contributed by atoms with Crippen molar-refractivity contribution in [1.29, 1.82) is 0 Å². The summed E-state index contributed by atoms with van der Waals surface area (Å²) in [6, 6.07) is 12.6. The molecule has 0 saturated carbocycles. The number of rotatable bonds is 9. The van der Waals surface area contributed by atoms with Gasteiger partial charge in [0.05, 0.1) is 21.3 Å². The van der Waals surface area contributed by atoms with E-state index in [-0.39, 0.29) is 36.9 Å². The molecule has 0 aromatic heterocycles. The maximum atomic E-state index is 12.8. The lowest BCUT2D eigenvalue weighted by Crippen LogP contribution is -2.18. The molecule has 0 bridgehead atoms. The Labute approximate surface area is 165 Å². The van der Waals surface area contributed by atoms with Crippen LogP contribution in [0.1, 0.15) is 34.7 Å². The molecule has 27 heavy (non-hydrogen) atoms. The zero-order valence-electron chi connectivity index (χ0n) is 15.6. The Bertz CT molecular complexity index is 754. The van der Waals surface area contributed by atoms with Gasteiger partial charge in [0.1, 0.15) is 0 Å². The largest absolute Gasteiger partial charge is 0.493 e. The number of primary amides is 1. The molecule has 2 aromatic carbocycles. The molecule has 6 nitrogen and oxygen atoms in total. The predicted octanol–water partition coefficient (Wildman–Crippen LogP) is 3.37. The van der Waals surface area contributed by atoms with Gasteiger partial charge in [0.25, 0.3) is 0 Å². The number of carbonyl (C=O) groups is 2. The van der Waals surface area contributed by atoms with Gasteiger partial charge < -0.3 is 19.9 Å². The normalized spacial score (nSPS) is 11.1. The van der Waals surface area contributed by atoms with Crippen LogP contribution in [0.4, 0.5) is 0 Å². The molecule has 2 aromatic rings. The van der Waals surface area contributed by atoms with Crippen LogP contribution < -0.4 is 19.9 Å². The number of methoxy groups -OCH3 is 3. The van der Waals surface area contributed by atoms with E-state index in [0.29, 0.717) is 22.8 Å². The van der Waals surface area contributed by atoms with Crippen molar-refractivity contribution < 1.29 is 23.8 Å². The van der Waals surface area contributed by atoms with Crippen molar-refractivity contribution in [2.75, 3.05) is 21.3 Å². The predicted molar refractivity (Wildman–Crippen MR) is 105 cm³/mol. The van der Waals surface area contributed by atoms with Crippen LogP contribution in [-0.4, -0.2) is 33.0 Å². The highest BCUT2D eigenvalue weighted by atomic mass is 35.5. The van der Waals surface area contributed by atoms with Gasteiger partial charge in [-0.25, -0.2) is 0 Å². The second-order valence-electron chi connectivity index (χ2n) is 5.82. The molecule has 0 saturated heterocycles. The highest BCUT2D eigenvalue weighted by Gasteiger charge is 2.22. The quantitative estimate of drug-likeness (QED) is 0.660. The van der Waals surface area contributed by atoms with E-state index >= 15 is 0 Å². The number of ketones is 1. The number of amides is 1. The molecule has 0 aliphatic rings. The standard InChI is InChI=1S/C20H23NO5.ClH/c1-24-17-10-15(11-18(25-2)20(17)26-3)16(22)9-14(12-19(21)23)13-7-5-4-6-8-13;/h4-8,10-11,14H,9,12H2,1-3H3,(H2,21,23);1H. The maximum Gasteiger partial charge on any atom is 0.218 e. The molecule has 2 N–H and O–H groups in total. The first kappa shape index (κ1) is 22.3. The van der Waals surface area contributed by atoms with E-state index < -0.39 is 5.91 Å². The van der Waals surface area contributed by atoms with E-state index in [4.69, 9.17) is 19.9 Å². The summed E-state index contributed by atoms with van der Waals surface area (Å²) in [4.78, 5) is 24.3. The minimum atomic E-state index is -0.448. The second-order valence-corrected chi connectivity index (χ2v) is 5.82. The number of ether oxygens (including phenoxy) is 3. The van der Waals surface area contributed by atoms with Crippen molar-refractivity contribution in [2.45, 2.75) is 18.8 Å². The number of carbonyl (C=O) groups excluding carboxylic acids is 2. The third-order valence-corrected chi connectivity index (χ3v) is 4.14. The summed E-state index contributed by atoms with van der Waals surface area (Å²) in [6.45, 7) is 0. The van der Waals surface area contributed by atoms with Gasteiger partial charge in [-0.05, 0) is 23.6 Å². The average Bonchev–Trinajstić information content (AvgIpc) is 2.66. The van der Waals surface area contributed by atoms with E-state index in [9.17, 15) is 9.59 Å². The van der Waals surface area contributed by atoms with E-state index in [1.165, 1.54) is 21.3 Å². The molecule has 7 heteroatoms. The zero-order chi connectivity index (χ0) is 19.1. The van der Waals surface area contributed by atoms with Crippen molar-refractivity contribution in [3.05, 3.63) is 53.6 Å². The first-order valence-corrected chi connectivity index (χ1v) is 8.16. The fourth-order valence-corrected chi connectivity index (χ4v) is 2.86. The number of nitrogens with two attached hydrogens (primary N) is 1. The molecule has 0 aliphatic heterocycles. The van der Waals surface area contributed by atoms with Crippen molar-refractivity contribution >= 4 is 24.1 Å². The van der Waals surface area contributed by atoms with Gasteiger partial charge in [0.15, 0.2) is 17.3 Å². The van der Waals surface area contributed by atoms with Crippen LogP contribution >= 0.6 is 12.4 Å². The zero-order valence-corrected chi connectivity index (χ0v) is 16.4. The van der Waals surface area contributed by atoms with Crippen LogP contribution in [0.15, 0.2) is 42.5 Å². The van der Waals surface area contributed by atoms with Gasteiger partial charge in [-0.2, -0.15) is 0 Å². The number of halogens is 1. The first-order valence-electron chi connectivity index (χ1n) is 8.16. The van der Waals surface area contributed by atoms with Crippen LogP contribution in [0.25, 0.3) is 0 Å². The summed E-state index contributed by atoms with van der Waals surface area (Å²) in [6.07, 6.45) is 0.242. The van der Waals surface area contributed by atoms with Crippen LogP contribution in [0.2, 0.25) is 0 Å². The second kappa shape index (κ2) is 10.4. The molecular formula is C20H24ClNO5. The maximum absolute atomic E-state index is 12.8. The smallest absolute Gasteiger partial charge is 0.218 e. The molecule has 0 radical (unpaired) electrons. The Hall–Kier alpha value is -2.73. The number of benzene rings is 2. The summed E-state index contributed by atoms with van der Waals surface area (Å²) >= 11 is 0. The van der Waals surface area contributed by atoms with Crippen molar-refractivity contribution in [3.63, 3.8) is 0 Å². The van der Waals surface area contributed by atoms with Gasteiger partial charge in [-0.3, -0.25) is 9.59 Å². The third kappa shape index (κ3) is 5.62. The van der Waals surface area contributed by atoms with Crippen molar-refractivity contribution in [3.8, 4) is 17.2 Å². The fraction of sp³-hybridized carbons (Fsp3) is 0.300. The average molecular weight is 394 g/mol. The SMILES string of the molecule is COc1cc(C(=O)CC(CC(N)=O)c2ccccc2)cc(OC)c1OC.Cl. The molecule has 1 unspecified atom stereocenters. The summed E-state index contributed by atoms with van der Waals surface area (Å²) < 4.78 is 15.9. The van der Waals surface area contributed by atoms with Gasteiger partial charge in [0.2, 0.25) is 11.7 Å². The molecule has 1 amide bonds. The van der Waals surface area contributed by atoms with Crippen LogP contribution in [-0.2, 0) is 4.79 Å². The minimum Gasteiger partial charge on any atom is -0.493 e. The molecule has 0 fully saturated rings. The lowest BCUT2D eigenvalue weighted by atomic mass is 9.88. The molecule has 0 heterocycles. The third-order valence-electron chi connectivity index (χ3n) is 4.14. The molecule has 1 atom stereocenters. The minimum absolute atomic E-state index is 0. The van der Waals surface area contributed by atoms with Crippen LogP contribution in [0.3, 0.4) is 0 Å². The van der Waals surface area contributed by atoms with Gasteiger partial charge in [-0.15, -0.1) is 12.4 Å².